The van der Waals surface area contributed by atoms with Gasteiger partial charge in [-0.3, -0.25) is 4.79 Å². The number of aryl methyl sites for hydroxylation is 1. The first-order valence-electron chi connectivity index (χ1n) is 5.93. The van der Waals surface area contributed by atoms with E-state index in [1.165, 1.54) is 23.5 Å². The fourth-order valence-corrected chi connectivity index (χ4v) is 3.11. The molecule has 3 heteroatoms. The van der Waals surface area contributed by atoms with Crippen molar-refractivity contribution in [3.05, 3.63) is 70.4 Å². The van der Waals surface area contributed by atoms with Crippen LogP contribution in [0.2, 0.25) is 0 Å². The van der Waals surface area contributed by atoms with Crippen LogP contribution in [0.5, 0.6) is 0 Å². The Kier molecular flexibility index (Phi) is 2.91. The van der Waals surface area contributed by atoms with E-state index in [0.29, 0.717) is 11.1 Å². The van der Waals surface area contributed by atoms with Crippen LogP contribution in [0.15, 0.2) is 47.8 Å². The van der Waals surface area contributed by atoms with Gasteiger partial charge >= 0.3 is 0 Å². The van der Waals surface area contributed by atoms with E-state index in [1.807, 2.05) is 23.6 Å². The van der Waals surface area contributed by atoms with Gasteiger partial charge in [0.15, 0.2) is 5.78 Å². The number of carbonyl (C=O) groups is 1. The number of carbonyl (C=O) groups excluding carboxylic acids is 1. The zero-order valence-corrected chi connectivity index (χ0v) is 11.1. The number of benzene rings is 2. The van der Waals surface area contributed by atoms with Crippen molar-refractivity contribution in [3.8, 4) is 0 Å². The largest absolute Gasteiger partial charge is 0.289 e. The van der Waals surface area contributed by atoms with E-state index in [2.05, 4.69) is 0 Å². The van der Waals surface area contributed by atoms with Crippen LogP contribution in [0.4, 0.5) is 4.39 Å². The van der Waals surface area contributed by atoms with Crippen molar-refractivity contribution in [2.75, 3.05) is 0 Å². The summed E-state index contributed by atoms with van der Waals surface area (Å²) >= 11 is 1.53. The third kappa shape index (κ3) is 2.17. The van der Waals surface area contributed by atoms with E-state index < -0.39 is 0 Å². The second-order valence-electron chi connectivity index (χ2n) is 4.49. The summed E-state index contributed by atoms with van der Waals surface area (Å²) in [6, 6.07) is 12.0. The molecular weight excluding hydrogens is 259 g/mol. The minimum atomic E-state index is -0.373. The van der Waals surface area contributed by atoms with Gasteiger partial charge in [-0.25, -0.2) is 4.39 Å². The first kappa shape index (κ1) is 12.1. The molecular formula is C16H11FOS. The predicted molar refractivity (Wildman–Crippen MR) is 76.4 cm³/mol. The number of halogens is 1. The van der Waals surface area contributed by atoms with Gasteiger partial charge in [-0.2, -0.15) is 0 Å². The van der Waals surface area contributed by atoms with Crippen molar-refractivity contribution in [3.63, 3.8) is 0 Å². The highest BCUT2D eigenvalue weighted by Gasteiger charge is 2.14. The molecule has 0 bridgehead atoms. The summed E-state index contributed by atoms with van der Waals surface area (Å²) in [6.45, 7) is 1.78. The lowest BCUT2D eigenvalue weighted by Crippen LogP contribution is -2.02. The van der Waals surface area contributed by atoms with Crippen molar-refractivity contribution >= 4 is 27.2 Å². The van der Waals surface area contributed by atoms with Crippen LogP contribution in [0.25, 0.3) is 10.1 Å². The van der Waals surface area contributed by atoms with Gasteiger partial charge in [0, 0.05) is 15.8 Å². The second-order valence-corrected chi connectivity index (χ2v) is 5.41. The molecule has 0 aliphatic heterocycles. The third-order valence-electron chi connectivity index (χ3n) is 3.03. The van der Waals surface area contributed by atoms with E-state index >= 15 is 0 Å². The summed E-state index contributed by atoms with van der Waals surface area (Å²) in [4.78, 5) is 12.5. The molecule has 3 rings (SSSR count). The molecule has 0 spiro atoms. The van der Waals surface area contributed by atoms with Crippen LogP contribution in [-0.2, 0) is 0 Å². The summed E-state index contributed by atoms with van der Waals surface area (Å²) < 4.78 is 14.4. The average molecular weight is 270 g/mol. The smallest absolute Gasteiger partial charge is 0.194 e. The SMILES string of the molecule is Cc1cc(F)cc(C(=O)c2cccc3ccsc23)c1. The highest BCUT2D eigenvalue weighted by atomic mass is 32.1. The van der Waals surface area contributed by atoms with Crippen LogP contribution in [0.3, 0.4) is 0 Å². The lowest BCUT2D eigenvalue weighted by Gasteiger charge is -2.04. The molecule has 0 atom stereocenters. The maximum Gasteiger partial charge on any atom is 0.194 e. The molecule has 1 aromatic heterocycles. The summed E-state index contributed by atoms with van der Waals surface area (Å²) in [5, 5.41) is 3.00. The van der Waals surface area contributed by atoms with Crippen molar-refractivity contribution in [1.82, 2.24) is 0 Å². The highest BCUT2D eigenvalue weighted by molar-refractivity contribution is 7.17. The first-order valence-corrected chi connectivity index (χ1v) is 6.81. The number of hydrogen-bond donors (Lipinski definition) is 0. The van der Waals surface area contributed by atoms with Gasteiger partial charge in [0.25, 0.3) is 0 Å². The van der Waals surface area contributed by atoms with E-state index in [9.17, 15) is 9.18 Å². The van der Waals surface area contributed by atoms with Crippen LogP contribution in [0, 0.1) is 12.7 Å². The minimum absolute atomic E-state index is 0.129. The molecule has 0 aliphatic carbocycles. The normalized spacial score (nSPS) is 10.8. The molecule has 94 valence electrons. The summed E-state index contributed by atoms with van der Waals surface area (Å²) in [5.41, 5.74) is 1.79. The Hall–Kier alpha value is -2.00. The van der Waals surface area contributed by atoms with Crippen LogP contribution in [0.1, 0.15) is 21.5 Å². The van der Waals surface area contributed by atoms with Crippen molar-refractivity contribution < 1.29 is 9.18 Å². The van der Waals surface area contributed by atoms with Crippen molar-refractivity contribution in [1.29, 1.82) is 0 Å². The molecule has 2 aromatic carbocycles. The molecule has 0 aliphatic rings. The fraction of sp³-hybridized carbons (Fsp3) is 0.0625. The lowest BCUT2D eigenvalue weighted by atomic mass is 10.0. The third-order valence-corrected chi connectivity index (χ3v) is 3.99. The molecule has 0 radical (unpaired) electrons. The highest BCUT2D eigenvalue weighted by Crippen LogP contribution is 2.27. The Morgan fingerprint density at radius 2 is 2.00 bits per heavy atom. The van der Waals surface area contributed by atoms with E-state index in [4.69, 9.17) is 0 Å². The maximum atomic E-state index is 13.4. The fourth-order valence-electron chi connectivity index (χ4n) is 2.19. The van der Waals surface area contributed by atoms with Gasteiger partial charge in [0.05, 0.1) is 0 Å². The van der Waals surface area contributed by atoms with Crippen molar-refractivity contribution in [2.45, 2.75) is 6.92 Å². The molecule has 0 N–H and O–H groups in total. The van der Waals surface area contributed by atoms with Crippen molar-refractivity contribution in [2.24, 2.45) is 0 Å². The lowest BCUT2D eigenvalue weighted by molar-refractivity contribution is 0.104. The Morgan fingerprint density at radius 3 is 2.79 bits per heavy atom. The first-order chi connectivity index (χ1) is 9.15. The molecule has 0 fully saturated rings. The maximum absolute atomic E-state index is 13.4. The topological polar surface area (TPSA) is 17.1 Å². The zero-order chi connectivity index (χ0) is 13.4. The standard InChI is InChI=1S/C16H11FOS/c1-10-7-12(9-13(17)8-10)15(18)14-4-2-3-11-5-6-19-16(11)14/h2-9H,1H3. The Bertz CT molecular complexity index is 753. The second kappa shape index (κ2) is 4.59. The predicted octanol–water partition coefficient (Wildman–Crippen LogP) is 4.58. The van der Waals surface area contributed by atoms with E-state index in [-0.39, 0.29) is 11.6 Å². The molecule has 1 nitrogen and oxygen atoms in total. The molecule has 0 saturated carbocycles. The summed E-state index contributed by atoms with van der Waals surface area (Å²) in [6.07, 6.45) is 0. The Balaban J connectivity index is 2.16. The summed E-state index contributed by atoms with van der Waals surface area (Å²) in [5.74, 6) is -0.502. The summed E-state index contributed by atoms with van der Waals surface area (Å²) in [7, 11) is 0. The molecule has 0 amide bonds. The molecule has 0 saturated heterocycles. The molecule has 1 heterocycles. The zero-order valence-electron chi connectivity index (χ0n) is 10.3. The van der Waals surface area contributed by atoms with Gasteiger partial charge in [-0.1, -0.05) is 12.1 Å². The number of thiophene rings is 1. The molecule has 0 unspecified atom stereocenters. The van der Waals surface area contributed by atoms with Gasteiger partial charge in [0.2, 0.25) is 0 Å². The van der Waals surface area contributed by atoms with Gasteiger partial charge in [-0.05, 0) is 53.6 Å². The van der Waals surface area contributed by atoms with E-state index in [0.717, 1.165) is 15.6 Å². The Labute approximate surface area is 114 Å². The van der Waals surface area contributed by atoms with Gasteiger partial charge < -0.3 is 0 Å². The van der Waals surface area contributed by atoms with Gasteiger partial charge in [0.1, 0.15) is 5.82 Å². The van der Waals surface area contributed by atoms with Crippen LogP contribution < -0.4 is 0 Å². The number of rotatable bonds is 2. The number of fused-ring (bicyclic) bond motifs is 1. The number of ketones is 1. The van der Waals surface area contributed by atoms with Gasteiger partial charge in [-0.15, -0.1) is 11.3 Å². The average Bonchev–Trinajstić information content (AvgIpc) is 2.84. The van der Waals surface area contributed by atoms with E-state index in [1.54, 1.807) is 19.1 Å². The quantitative estimate of drug-likeness (QED) is 0.623. The van der Waals surface area contributed by atoms with Crippen LogP contribution >= 0.6 is 11.3 Å². The Morgan fingerprint density at radius 1 is 1.16 bits per heavy atom. The van der Waals surface area contributed by atoms with Crippen LogP contribution in [-0.4, -0.2) is 5.78 Å². The monoisotopic (exact) mass is 270 g/mol. The number of hydrogen-bond acceptors (Lipinski definition) is 2. The minimum Gasteiger partial charge on any atom is -0.289 e. The molecule has 19 heavy (non-hydrogen) atoms. The molecule has 3 aromatic rings.